The van der Waals surface area contributed by atoms with Crippen molar-refractivity contribution in [2.45, 2.75) is 26.1 Å². The average molecular weight is 264 g/mol. The molecule has 1 aliphatic heterocycles. The van der Waals surface area contributed by atoms with Gasteiger partial charge in [0.2, 0.25) is 5.91 Å². The van der Waals surface area contributed by atoms with Crippen LogP contribution < -0.4 is 5.32 Å². The van der Waals surface area contributed by atoms with Gasteiger partial charge in [-0.05, 0) is 31.2 Å². The van der Waals surface area contributed by atoms with Gasteiger partial charge in [-0.1, -0.05) is 24.3 Å². The van der Waals surface area contributed by atoms with Gasteiger partial charge in [0.1, 0.15) is 6.17 Å². The Morgan fingerprint density at radius 2 is 2.11 bits per heavy atom. The van der Waals surface area contributed by atoms with Crippen molar-refractivity contribution < 1.29 is 4.79 Å². The van der Waals surface area contributed by atoms with E-state index in [4.69, 9.17) is 0 Å². The molecule has 1 N–H and O–H groups in total. The number of thioether (sulfide) groups is 1. The largest absolute Gasteiger partial charge is 0.321 e. The standard InChI is InChI=1S/C14H20N2OS/c1-10-6-4-5-7-12(10)13-15-11(2)14(17)16(13)8-9-18-3/h4-7,11,13,15H,8-9H2,1-3H3. The van der Waals surface area contributed by atoms with Gasteiger partial charge in [-0.25, -0.2) is 0 Å². The first kappa shape index (κ1) is 13.4. The van der Waals surface area contributed by atoms with E-state index in [0.29, 0.717) is 0 Å². The van der Waals surface area contributed by atoms with E-state index in [9.17, 15) is 4.79 Å². The Hall–Kier alpha value is -1.00. The fourth-order valence-corrected chi connectivity index (χ4v) is 2.73. The molecule has 1 heterocycles. The molecule has 98 valence electrons. The highest BCUT2D eigenvalue weighted by Crippen LogP contribution is 2.27. The van der Waals surface area contributed by atoms with Crippen molar-refractivity contribution >= 4 is 17.7 Å². The molecular weight excluding hydrogens is 244 g/mol. The van der Waals surface area contributed by atoms with Gasteiger partial charge in [0.15, 0.2) is 0 Å². The molecular formula is C14H20N2OS. The van der Waals surface area contributed by atoms with Crippen molar-refractivity contribution in [3.8, 4) is 0 Å². The van der Waals surface area contributed by atoms with Crippen LogP contribution in [-0.4, -0.2) is 35.4 Å². The molecule has 2 rings (SSSR count). The summed E-state index contributed by atoms with van der Waals surface area (Å²) in [7, 11) is 0. The van der Waals surface area contributed by atoms with Crippen LogP contribution >= 0.6 is 11.8 Å². The van der Waals surface area contributed by atoms with Crippen molar-refractivity contribution in [1.29, 1.82) is 0 Å². The number of rotatable bonds is 4. The molecule has 2 unspecified atom stereocenters. The molecule has 0 bridgehead atoms. The number of carbonyl (C=O) groups is 1. The molecule has 1 fully saturated rings. The molecule has 1 aromatic carbocycles. The topological polar surface area (TPSA) is 32.3 Å². The van der Waals surface area contributed by atoms with Crippen LogP contribution in [0.5, 0.6) is 0 Å². The van der Waals surface area contributed by atoms with Crippen LogP contribution in [0.2, 0.25) is 0 Å². The van der Waals surface area contributed by atoms with E-state index in [1.54, 1.807) is 11.8 Å². The van der Waals surface area contributed by atoms with Gasteiger partial charge in [0.25, 0.3) is 0 Å². The number of benzene rings is 1. The second-order valence-electron chi connectivity index (χ2n) is 4.67. The maximum absolute atomic E-state index is 12.2. The van der Waals surface area contributed by atoms with Crippen molar-refractivity contribution in [3.63, 3.8) is 0 Å². The van der Waals surface area contributed by atoms with E-state index in [2.05, 4.69) is 30.6 Å². The first-order valence-corrected chi connectivity index (χ1v) is 7.65. The zero-order valence-electron chi connectivity index (χ0n) is 11.1. The number of nitrogens with one attached hydrogen (secondary N) is 1. The maximum Gasteiger partial charge on any atom is 0.241 e. The molecule has 2 atom stereocenters. The van der Waals surface area contributed by atoms with Crippen LogP contribution in [0.4, 0.5) is 0 Å². The normalized spacial score (nSPS) is 23.7. The summed E-state index contributed by atoms with van der Waals surface area (Å²) < 4.78 is 0. The minimum Gasteiger partial charge on any atom is -0.321 e. The fraction of sp³-hybridized carbons (Fsp3) is 0.500. The summed E-state index contributed by atoms with van der Waals surface area (Å²) in [6.45, 7) is 4.83. The first-order valence-electron chi connectivity index (χ1n) is 6.26. The number of nitrogens with zero attached hydrogens (tertiary/aromatic N) is 1. The van der Waals surface area contributed by atoms with Crippen LogP contribution in [0.25, 0.3) is 0 Å². The molecule has 1 amide bonds. The summed E-state index contributed by atoms with van der Waals surface area (Å²) in [4.78, 5) is 14.1. The number of hydrogen-bond donors (Lipinski definition) is 1. The quantitative estimate of drug-likeness (QED) is 0.904. The molecule has 0 saturated carbocycles. The minimum absolute atomic E-state index is 0.0286. The predicted octanol–water partition coefficient (Wildman–Crippen LogP) is 2.18. The van der Waals surface area contributed by atoms with Gasteiger partial charge < -0.3 is 4.90 Å². The summed E-state index contributed by atoms with van der Waals surface area (Å²) in [5, 5.41) is 3.39. The van der Waals surface area contributed by atoms with E-state index in [0.717, 1.165) is 12.3 Å². The summed E-state index contributed by atoms with van der Waals surface area (Å²) in [5.74, 6) is 1.18. The number of hydrogen-bond acceptors (Lipinski definition) is 3. The van der Waals surface area contributed by atoms with E-state index in [1.807, 2.05) is 24.0 Å². The van der Waals surface area contributed by atoms with E-state index >= 15 is 0 Å². The van der Waals surface area contributed by atoms with Gasteiger partial charge in [-0.3, -0.25) is 10.1 Å². The second kappa shape index (κ2) is 5.76. The van der Waals surface area contributed by atoms with Crippen LogP contribution in [0.15, 0.2) is 24.3 Å². The third kappa shape index (κ3) is 2.54. The minimum atomic E-state index is -0.0866. The molecule has 1 aromatic rings. The van der Waals surface area contributed by atoms with Gasteiger partial charge in [-0.15, -0.1) is 0 Å². The molecule has 0 aliphatic carbocycles. The lowest BCUT2D eigenvalue weighted by atomic mass is 10.1. The van der Waals surface area contributed by atoms with Crippen molar-refractivity contribution in [2.75, 3.05) is 18.6 Å². The number of carbonyl (C=O) groups excluding carboxylic acids is 1. The highest BCUT2D eigenvalue weighted by molar-refractivity contribution is 7.98. The fourth-order valence-electron chi connectivity index (χ4n) is 2.35. The zero-order chi connectivity index (χ0) is 13.1. The molecule has 0 spiro atoms. The van der Waals surface area contributed by atoms with Crippen LogP contribution in [0, 0.1) is 6.92 Å². The highest BCUT2D eigenvalue weighted by atomic mass is 32.2. The number of amides is 1. The van der Waals surface area contributed by atoms with E-state index in [1.165, 1.54) is 11.1 Å². The zero-order valence-corrected chi connectivity index (χ0v) is 12.0. The van der Waals surface area contributed by atoms with Gasteiger partial charge >= 0.3 is 0 Å². The molecule has 1 saturated heterocycles. The second-order valence-corrected chi connectivity index (χ2v) is 5.66. The van der Waals surface area contributed by atoms with E-state index in [-0.39, 0.29) is 18.1 Å². The first-order chi connectivity index (χ1) is 8.65. The molecule has 4 heteroatoms. The van der Waals surface area contributed by atoms with Gasteiger partial charge in [0, 0.05) is 12.3 Å². The Morgan fingerprint density at radius 1 is 1.39 bits per heavy atom. The summed E-state index contributed by atoms with van der Waals surface area (Å²) in [6.07, 6.45) is 2.10. The molecule has 0 radical (unpaired) electrons. The van der Waals surface area contributed by atoms with Crippen LogP contribution in [-0.2, 0) is 4.79 Å². The van der Waals surface area contributed by atoms with Gasteiger partial charge in [0.05, 0.1) is 6.04 Å². The third-order valence-corrected chi connectivity index (χ3v) is 3.98. The molecule has 1 aliphatic rings. The third-order valence-electron chi connectivity index (χ3n) is 3.39. The Bertz CT molecular complexity index is 436. The van der Waals surface area contributed by atoms with Gasteiger partial charge in [-0.2, -0.15) is 11.8 Å². The summed E-state index contributed by atoms with van der Waals surface area (Å²) >= 11 is 1.77. The van der Waals surface area contributed by atoms with Crippen LogP contribution in [0.3, 0.4) is 0 Å². The maximum atomic E-state index is 12.2. The monoisotopic (exact) mass is 264 g/mol. The Labute approximate surface area is 113 Å². The lowest BCUT2D eigenvalue weighted by Gasteiger charge is -2.25. The SMILES string of the molecule is CSCCN1C(=O)C(C)NC1c1ccccc1C. The Morgan fingerprint density at radius 3 is 2.78 bits per heavy atom. The lowest BCUT2D eigenvalue weighted by molar-refractivity contribution is -0.129. The average Bonchev–Trinajstić information content (AvgIpc) is 2.64. The predicted molar refractivity (Wildman–Crippen MR) is 76.6 cm³/mol. The summed E-state index contributed by atoms with van der Waals surface area (Å²) in [6, 6.07) is 8.17. The Kier molecular flexibility index (Phi) is 4.30. The summed E-state index contributed by atoms with van der Waals surface area (Å²) in [5.41, 5.74) is 2.43. The smallest absolute Gasteiger partial charge is 0.241 e. The van der Waals surface area contributed by atoms with Crippen LogP contribution in [0.1, 0.15) is 24.2 Å². The molecule has 0 aromatic heterocycles. The highest BCUT2D eigenvalue weighted by Gasteiger charge is 2.36. The molecule has 3 nitrogen and oxygen atoms in total. The van der Waals surface area contributed by atoms with Crippen molar-refractivity contribution in [1.82, 2.24) is 10.2 Å². The van der Waals surface area contributed by atoms with E-state index < -0.39 is 0 Å². The number of aryl methyl sites for hydroxylation is 1. The molecule has 18 heavy (non-hydrogen) atoms. The van der Waals surface area contributed by atoms with Crippen molar-refractivity contribution in [2.24, 2.45) is 0 Å². The lowest BCUT2D eigenvalue weighted by Crippen LogP contribution is -2.32. The Balaban J connectivity index is 2.25. The van der Waals surface area contributed by atoms with Crippen molar-refractivity contribution in [3.05, 3.63) is 35.4 Å².